The minimum Gasteiger partial charge on any atom is -0.462 e. The maximum atomic E-state index is 12.8. The summed E-state index contributed by atoms with van der Waals surface area (Å²) < 4.78 is 16.7. The molecule has 0 aliphatic heterocycles. The van der Waals surface area contributed by atoms with Gasteiger partial charge in [0.15, 0.2) is 6.10 Å². The summed E-state index contributed by atoms with van der Waals surface area (Å²) in [5.74, 6) is -0.909. The number of carbonyl (C=O) groups is 3. The number of hydrogen-bond acceptors (Lipinski definition) is 6. The van der Waals surface area contributed by atoms with Crippen LogP contribution in [0.3, 0.4) is 0 Å². The summed E-state index contributed by atoms with van der Waals surface area (Å²) in [6.07, 6.45) is 57.7. The summed E-state index contributed by atoms with van der Waals surface area (Å²) in [6, 6.07) is 0. The molecule has 0 radical (unpaired) electrons. The van der Waals surface area contributed by atoms with Crippen LogP contribution in [0.25, 0.3) is 0 Å². The van der Waals surface area contributed by atoms with E-state index in [1.165, 1.54) is 116 Å². The molecule has 0 bridgehead atoms. The molecule has 0 N–H and O–H groups in total. The molecule has 0 saturated carbocycles. The molecule has 0 spiro atoms. The Labute approximate surface area is 364 Å². The Hall–Kier alpha value is -2.89. The van der Waals surface area contributed by atoms with Crippen molar-refractivity contribution in [2.45, 2.75) is 245 Å². The molecule has 0 saturated heterocycles. The fourth-order valence-electron chi connectivity index (χ4n) is 6.86. The van der Waals surface area contributed by atoms with Gasteiger partial charge in [0.25, 0.3) is 0 Å². The molecule has 340 valence electrons. The van der Waals surface area contributed by atoms with Crippen LogP contribution in [0.1, 0.15) is 239 Å². The number of esters is 3. The van der Waals surface area contributed by atoms with E-state index in [2.05, 4.69) is 63.3 Å². The molecule has 0 aliphatic rings. The van der Waals surface area contributed by atoms with Crippen molar-refractivity contribution in [3.63, 3.8) is 0 Å². The predicted octanol–water partition coefficient (Wildman–Crippen LogP) is 16.1. The van der Waals surface area contributed by atoms with Gasteiger partial charge < -0.3 is 14.2 Å². The molecule has 0 heterocycles. The summed E-state index contributed by atoms with van der Waals surface area (Å²) in [5.41, 5.74) is 0. The van der Waals surface area contributed by atoms with Crippen LogP contribution in [-0.2, 0) is 28.6 Å². The van der Waals surface area contributed by atoms with Crippen molar-refractivity contribution in [1.82, 2.24) is 0 Å². The number of carbonyl (C=O) groups excluding carboxylic acids is 3. The Morgan fingerprint density at radius 2 is 0.678 bits per heavy atom. The fourth-order valence-corrected chi connectivity index (χ4v) is 6.86. The number of ether oxygens (including phenoxy) is 3. The van der Waals surface area contributed by atoms with Crippen molar-refractivity contribution >= 4 is 17.9 Å². The number of unbranched alkanes of at least 4 members (excludes halogenated alkanes) is 26. The van der Waals surface area contributed by atoms with Crippen molar-refractivity contribution in [3.05, 3.63) is 60.8 Å². The summed E-state index contributed by atoms with van der Waals surface area (Å²) in [4.78, 5) is 37.9. The van der Waals surface area contributed by atoms with Crippen LogP contribution in [0, 0.1) is 0 Å². The van der Waals surface area contributed by atoms with E-state index in [0.29, 0.717) is 19.3 Å². The normalized spacial score (nSPS) is 12.5. The van der Waals surface area contributed by atoms with E-state index in [-0.39, 0.29) is 31.1 Å². The van der Waals surface area contributed by atoms with E-state index in [1.807, 2.05) is 18.2 Å². The Morgan fingerprint density at radius 3 is 1.10 bits per heavy atom. The zero-order chi connectivity index (χ0) is 43.0. The molecule has 6 heteroatoms. The quantitative estimate of drug-likeness (QED) is 0.0200. The molecule has 59 heavy (non-hydrogen) atoms. The summed E-state index contributed by atoms with van der Waals surface area (Å²) in [6.45, 7) is 6.46. The van der Waals surface area contributed by atoms with Gasteiger partial charge in [-0.3, -0.25) is 14.4 Å². The van der Waals surface area contributed by atoms with Crippen LogP contribution in [0.2, 0.25) is 0 Å². The SMILES string of the molecule is CC\C=C/C=C\C=C/C=C\CCCCCCCC(=O)OCC(COC(=O)CCCCCCCCCCCCC)OC(=O)CCCCCCCCC/C=C\CCCCCC. The van der Waals surface area contributed by atoms with Crippen LogP contribution in [0.15, 0.2) is 60.8 Å². The van der Waals surface area contributed by atoms with Crippen molar-refractivity contribution < 1.29 is 28.6 Å². The molecular formula is C53H92O6. The topological polar surface area (TPSA) is 78.9 Å². The highest BCUT2D eigenvalue weighted by atomic mass is 16.6. The minimum atomic E-state index is -0.782. The van der Waals surface area contributed by atoms with Crippen LogP contribution >= 0.6 is 0 Å². The van der Waals surface area contributed by atoms with Crippen molar-refractivity contribution in [3.8, 4) is 0 Å². The maximum Gasteiger partial charge on any atom is 0.306 e. The highest BCUT2D eigenvalue weighted by Gasteiger charge is 2.19. The van der Waals surface area contributed by atoms with Gasteiger partial charge >= 0.3 is 17.9 Å². The van der Waals surface area contributed by atoms with Gasteiger partial charge in [-0.05, 0) is 64.2 Å². The Balaban J connectivity index is 4.41. The molecule has 0 amide bonds. The molecule has 0 rings (SSSR count). The van der Waals surface area contributed by atoms with Gasteiger partial charge in [-0.25, -0.2) is 0 Å². The highest BCUT2D eigenvalue weighted by Crippen LogP contribution is 2.15. The van der Waals surface area contributed by atoms with E-state index in [4.69, 9.17) is 14.2 Å². The lowest BCUT2D eigenvalue weighted by Crippen LogP contribution is -2.30. The highest BCUT2D eigenvalue weighted by molar-refractivity contribution is 5.71. The lowest BCUT2D eigenvalue weighted by molar-refractivity contribution is -0.167. The van der Waals surface area contributed by atoms with Crippen molar-refractivity contribution in [2.75, 3.05) is 13.2 Å². The lowest BCUT2D eigenvalue weighted by atomic mass is 10.1. The van der Waals surface area contributed by atoms with E-state index >= 15 is 0 Å². The van der Waals surface area contributed by atoms with E-state index < -0.39 is 6.10 Å². The molecule has 1 unspecified atom stereocenters. The molecule has 0 aromatic rings. The summed E-state index contributed by atoms with van der Waals surface area (Å²) in [7, 11) is 0. The molecule has 6 nitrogen and oxygen atoms in total. The van der Waals surface area contributed by atoms with Crippen molar-refractivity contribution in [2.24, 2.45) is 0 Å². The Morgan fingerprint density at radius 1 is 0.356 bits per heavy atom. The van der Waals surface area contributed by atoms with Gasteiger partial charge in [0.1, 0.15) is 13.2 Å². The van der Waals surface area contributed by atoms with Gasteiger partial charge in [0, 0.05) is 19.3 Å². The second-order valence-electron chi connectivity index (χ2n) is 16.4. The van der Waals surface area contributed by atoms with Gasteiger partial charge in [-0.1, -0.05) is 216 Å². The first-order chi connectivity index (χ1) is 29.0. The molecule has 0 aromatic heterocycles. The van der Waals surface area contributed by atoms with Gasteiger partial charge in [-0.2, -0.15) is 0 Å². The average molecular weight is 825 g/mol. The molecule has 0 fully saturated rings. The Bertz CT molecular complexity index is 1090. The fraction of sp³-hybridized carbons (Fsp3) is 0.755. The third kappa shape index (κ3) is 46.0. The Kier molecular flexibility index (Phi) is 45.4. The second kappa shape index (κ2) is 47.8. The van der Waals surface area contributed by atoms with Crippen LogP contribution < -0.4 is 0 Å². The van der Waals surface area contributed by atoms with Crippen molar-refractivity contribution in [1.29, 1.82) is 0 Å². The number of rotatable bonds is 44. The monoisotopic (exact) mass is 825 g/mol. The zero-order valence-electron chi connectivity index (χ0n) is 38.8. The van der Waals surface area contributed by atoms with Gasteiger partial charge in [0.05, 0.1) is 0 Å². The van der Waals surface area contributed by atoms with Gasteiger partial charge in [-0.15, -0.1) is 0 Å². The average Bonchev–Trinajstić information content (AvgIpc) is 3.23. The van der Waals surface area contributed by atoms with Crippen LogP contribution in [0.5, 0.6) is 0 Å². The molecular weight excluding hydrogens is 733 g/mol. The second-order valence-corrected chi connectivity index (χ2v) is 16.4. The minimum absolute atomic E-state index is 0.0822. The first-order valence-electron chi connectivity index (χ1n) is 24.8. The predicted molar refractivity (Wildman–Crippen MR) is 251 cm³/mol. The number of allylic oxidation sites excluding steroid dienone is 10. The summed E-state index contributed by atoms with van der Waals surface area (Å²) >= 11 is 0. The first-order valence-corrected chi connectivity index (χ1v) is 24.8. The third-order valence-corrected chi connectivity index (χ3v) is 10.6. The third-order valence-electron chi connectivity index (χ3n) is 10.6. The summed E-state index contributed by atoms with van der Waals surface area (Å²) in [5, 5.41) is 0. The largest absolute Gasteiger partial charge is 0.462 e. The van der Waals surface area contributed by atoms with Gasteiger partial charge in [0.2, 0.25) is 0 Å². The van der Waals surface area contributed by atoms with E-state index in [1.54, 1.807) is 0 Å². The van der Waals surface area contributed by atoms with E-state index in [9.17, 15) is 14.4 Å². The zero-order valence-corrected chi connectivity index (χ0v) is 38.8. The first kappa shape index (κ1) is 56.1. The molecule has 0 aromatic carbocycles. The standard InChI is InChI=1S/C53H92O6/c1-4-7-10-13-16-19-22-24-26-28-31-34-37-40-43-46-52(55)58-49-50(48-57-51(54)45-42-39-36-33-30-21-18-15-12-9-6-3)59-53(56)47-44-41-38-35-32-29-27-25-23-20-17-14-11-8-5-2/h7,10,13,16,19-20,22-24,26,50H,4-6,8-9,11-12,14-15,17-18,21,25,27-49H2,1-3H3/b10-7-,16-13-,22-19-,23-20-,26-24-. The van der Waals surface area contributed by atoms with E-state index in [0.717, 1.165) is 83.5 Å². The van der Waals surface area contributed by atoms with Crippen LogP contribution in [-0.4, -0.2) is 37.2 Å². The number of hydrogen-bond donors (Lipinski definition) is 0. The van der Waals surface area contributed by atoms with Crippen LogP contribution in [0.4, 0.5) is 0 Å². The smallest absolute Gasteiger partial charge is 0.306 e. The lowest BCUT2D eigenvalue weighted by Gasteiger charge is -2.18. The molecule has 0 aliphatic carbocycles. The maximum absolute atomic E-state index is 12.8. The molecule has 1 atom stereocenters.